The van der Waals surface area contributed by atoms with E-state index >= 15 is 0 Å². The number of amides is 1. The van der Waals surface area contributed by atoms with Gasteiger partial charge >= 0.3 is 6.18 Å². The van der Waals surface area contributed by atoms with Gasteiger partial charge in [-0.3, -0.25) is 4.79 Å². The third-order valence-electron chi connectivity index (χ3n) is 4.25. The lowest BCUT2D eigenvalue weighted by Crippen LogP contribution is -2.30. The number of benzene rings is 2. The van der Waals surface area contributed by atoms with Crippen LogP contribution in [0.2, 0.25) is 0 Å². The molecule has 0 aliphatic heterocycles. The molecule has 1 aliphatic carbocycles. The van der Waals surface area contributed by atoms with Gasteiger partial charge < -0.3 is 5.32 Å². The zero-order valence-electron chi connectivity index (χ0n) is 12.7. The highest BCUT2D eigenvalue weighted by Crippen LogP contribution is 2.32. The van der Waals surface area contributed by atoms with Gasteiger partial charge in [-0.15, -0.1) is 0 Å². The Morgan fingerprint density at radius 3 is 2.33 bits per heavy atom. The monoisotopic (exact) mass is 397 g/mol. The topological polar surface area (TPSA) is 29.1 Å². The van der Waals surface area contributed by atoms with Crippen molar-refractivity contribution in [1.29, 1.82) is 0 Å². The van der Waals surface area contributed by atoms with Gasteiger partial charge in [0, 0.05) is 16.9 Å². The van der Waals surface area contributed by atoms with Crippen LogP contribution < -0.4 is 5.32 Å². The standard InChI is InChI=1S/C18H15BrF3NO/c19-16-6-5-15(18(20,21)22)9-14(16)10-23-17(24)13-7-11-3-1-2-4-12(11)8-13/h1-6,9,13H,7-8,10H2,(H,23,24). The van der Waals surface area contributed by atoms with E-state index in [2.05, 4.69) is 21.2 Å². The highest BCUT2D eigenvalue weighted by Gasteiger charge is 2.31. The molecule has 0 unspecified atom stereocenters. The molecule has 0 heterocycles. The zero-order valence-corrected chi connectivity index (χ0v) is 14.2. The first-order valence-corrected chi connectivity index (χ1v) is 8.34. The van der Waals surface area contributed by atoms with Crippen molar-refractivity contribution < 1.29 is 18.0 Å². The molecule has 0 saturated carbocycles. The molecule has 2 aromatic rings. The Kier molecular flexibility index (Phi) is 4.67. The number of nitrogens with one attached hydrogen (secondary N) is 1. The SMILES string of the molecule is O=C(NCc1cc(C(F)(F)F)ccc1Br)C1Cc2ccccc2C1. The van der Waals surface area contributed by atoms with Gasteiger partial charge in [-0.05, 0) is 47.7 Å². The Morgan fingerprint density at radius 2 is 1.75 bits per heavy atom. The summed E-state index contributed by atoms with van der Waals surface area (Å²) in [6.07, 6.45) is -3.05. The van der Waals surface area contributed by atoms with E-state index in [0.29, 0.717) is 22.9 Å². The Balaban J connectivity index is 1.65. The molecule has 24 heavy (non-hydrogen) atoms. The summed E-state index contributed by atoms with van der Waals surface area (Å²) >= 11 is 3.24. The number of alkyl halides is 3. The summed E-state index contributed by atoms with van der Waals surface area (Å²) in [5.74, 6) is -0.289. The Hall–Kier alpha value is -1.82. The van der Waals surface area contributed by atoms with Gasteiger partial charge in [0.25, 0.3) is 0 Å². The first-order valence-electron chi connectivity index (χ1n) is 7.54. The summed E-state index contributed by atoms with van der Waals surface area (Å²) in [6.45, 7) is 0.0657. The lowest BCUT2D eigenvalue weighted by molar-refractivity contribution is -0.137. The van der Waals surface area contributed by atoms with Crippen LogP contribution in [0.15, 0.2) is 46.9 Å². The number of hydrogen-bond donors (Lipinski definition) is 1. The maximum absolute atomic E-state index is 12.8. The molecule has 0 fully saturated rings. The van der Waals surface area contributed by atoms with Crippen LogP contribution in [0.4, 0.5) is 13.2 Å². The quantitative estimate of drug-likeness (QED) is 0.811. The molecule has 1 aliphatic rings. The summed E-state index contributed by atoms with van der Waals surface area (Å²) in [5.41, 5.74) is 2.02. The van der Waals surface area contributed by atoms with Crippen molar-refractivity contribution in [3.05, 3.63) is 69.2 Å². The number of rotatable bonds is 3. The van der Waals surface area contributed by atoms with Crippen LogP contribution in [0, 0.1) is 5.92 Å². The lowest BCUT2D eigenvalue weighted by atomic mass is 10.1. The molecule has 0 radical (unpaired) electrons. The fraction of sp³-hybridized carbons (Fsp3) is 0.278. The molecular weight excluding hydrogens is 383 g/mol. The average Bonchev–Trinajstić information content (AvgIpc) is 2.96. The first kappa shape index (κ1) is 17.0. The van der Waals surface area contributed by atoms with Crippen molar-refractivity contribution in [2.75, 3.05) is 0 Å². The predicted octanol–water partition coefficient (Wildman–Crippen LogP) is 4.50. The third kappa shape index (κ3) is 3.64. The molecular formula is C18H15BrF3NO. The molecule has 0 bridgehead atoms. The van der Waals surface area contributed by atoms with Gasteiger partial charge in [0.1, 0.15) is 0 Å². The molecule has 1 N–H and O–H groups in total. The smallest absolute Gasteiger partial charge is 0.352 e. The predicted molar refractivity (Wildman–Crippen MR) is 88.3 cm³/mol. The minimum Gasteiger partial charge on any atom is -0.352 e. The van der Waals surface area contributed by atoms with Crippen molar-refractivity contribution in [2.45, 2.75) is 25.6 Å². The van der Waals surface area contributed by atoms with Crippen LogP contribution in [0.5, 0.6) is 0 Å². The van der Waals surface area contributed by atoms with Crippen LogP contribution in [0.1, 0.15) is 22.3 Å². The summed E-state index contributed by atoms with van der Waals surface area (Å²) in [5, 5.41) is 2.76. The van der Waals surface area contributed by atoms with Crippen molar-refractivity contribution >= 4 is 21.8 Å². The highest BCUT2D eigenvalue weighted by molar-refractivity contribution is 9.10. The van der Waals surface area contributed by atoms with Crippen molar-refractivity contribution in [2.24, 2.45) is 5.92 Å². The summed E-state index contributed by atoms with van der Waals surface area (Å²) in [7, 11) is 0. The van der Waals surface area contributed by atoms with Gasteiger partial charge in [0.2, 0.25) is 5.91 Å². The van der Waals surface area contributed by atoms with Crippen molar-refractivity contribution in [3.8, 4) is 0 Å². The van der Waals surface area contributed by atoms with E-state index in [1.807, 2.05) is 24.3 Å². The fourth-order valence-corrected chi connectivity index (χ4v) is 3.34. The summed E-state index contributed by atoms with van der Waals surface area (Å²) in [4.78, 5) is 12.3. The molecule has 1 amide bonds. The molecule has 0 saturated heterocycles. The highest BCUT2D eigenvalue weighted by atomic mass is 79.9. The molecule has 2 aromatic carbocycles. The van der Waals surface area contributed by atoms with E-state index in [1.54, 1.807) is 0 Å². The normalized spacial score (nSPS) is 14.5. The van der Waals surface area contributed by atoms with E-state index in [-0.39, 0.29) is 18.4 Å². The van der Waals surface area contributed by atoms with Gasteiger partial charge in [-0.2, -0.15) is 13.2 Å². The van der Waals surface area contributed by atoms with E-state index in [4.69, 9.17) is 0 Å². The van der Waals surface area contributed by atoms with Crippen LogP contribution in [0.25, 0.3) is 0 Å². The Labute approximate surface area is 146 Å². The third-order valence-corrected chi connectivity index (χ3v) is 5.02. The Bertz CT molecular complexity index is 748. The zero-order chi connectivity index (χ0) is 17.3. The van der Waals surface area contributed by atoms with E-state index in [9.17, 15) is 18.0 Å². The minimum absolute atomic E-state index is 0.0657. The van der Waals surface area contributed by atoms with Gasteiger partial charge in [-0.1, -0.05) is 40.2 Å². The maximum Gasteiger partial charge on any atom is 0.416 e. The van der Waals surface area contributed by atoms with Crippen molar-refractivity contribution in [1.82, 2.24) is 5.32 Å². The second-order valence-electron chi connectivity index (χ2n) is 5.90. The van der Waals surface area contributed by atoms with Gasteiger partial charge in [-0.25, -0.2) is 0 Å². The molecule has 0 aromatic heterocycles. The van der Waals surface area contributed by atoms with Crippen LogP contribution in [-0.2, 0) is 30.4 Å². The van der Waals surface area contributed by atoms with E-state index in [0.717, 1.165) is 23.3 Å². The number of hydrogen-bond acceptors (Lipinski definition) is 1. The number of carbonyl (C=O) groups excluding carboxylic acids is 1. The number of halogens is 4. The second-order valence-corrected chi connectivity index (χ2v) is 6.75. The molecule has 126 valence electrons. The van der Waals surface area contributed by atoms with E-state index < -0.39 is 11.7 Å². The molecule has 6 heteroatoms. The number of fused-ring (bicyclic) bond motifs is 1. The van der Waals surface area contributed by atoms with Gasteiger partial charge in [0.05, 0.1) is 5.56 Å². The first-order chi connectivity index (χ1) is 11.3. The molecule has 0 spiro atoms. The van der Waals surface area contributed by atoms with Crippen LogP contribution in [-0.4, -0.2) is 5.91 Å². The average molecular weight is 398 g/mol. The largest absolute Gasteiger partial charge is 0.416 e. The van der Waals surface area contributed by atoms with Gasteiger partial charge in [0.15, 0.2) is 0 Å². The van der Waals surface area contributed by atoms with Crippen molar-refractivity contribution in [3.63, 3.8) is 0 Å². The van der Waals surface area contributed by atoms with E-state index in [1.165, 1.54) is 6.07 Å². The lowest BCUT2D eigenvalue weighted by Gasteiger charge is -2.13. The molecule has 0 atom stereocenters. The molecule has 3 rings (SSSR count). The maximum atomic E-state index is 12.8. The fourth-order valence-electron chi connectivity index (χ4n) is 2.96. The number of carbonyl (C=O) groups is 1. The van der Waals surface area contributed by atoms with Crippen LogP contribution >= 0.6 is 15.9 Å². The molecule has 2 nitrogen and oxygen atoms in total. The second kappa shape index (κ2) is 6.59. The van der Waals surface area contributed by atoms with Crippen LogP contribution in [0.3, 0.4) is 0 Å². The Morgan fingerprint density at radius 1 is 1.12 bits per heavy atom. The summed E-state index contributed by atoms with van der Waals surface area (Å²) in [6, 6.07) is 11.3. The summed E-state index contributed by atoms with van der Waals surface area (Å²) < 4.78 is 38.9. The minimum atomic E-state index is -4.40.